The van der Waals surface area contributed by atoms with Crippen molar-refractivity contribution in [2.75, 3.05) is 0 Å². The average Bonchev–Trinajstić information content (AvgIpc) is 2.67. The third kappa shape index (κ3) is 3.20. The van der Waals surface area contributed by atoms with Gasteiger partial charge in [-0.3, -0.25) is 4.79 Å². The molecule has 0 aliphatic carbocycles. The highest BCUT2D eigenvalue weighted by molar-refractivity contribution is 5.93. The van der Waals surface area contributed by atoms with Crippen LogP contribution in [0.15, 0.2) is 73.8 Å². The maximum absolute atomic E-state index is 11.7. The molecule has 0 radical (unpaired) electrons. The molecule has 2 nitrogen and oxygen atoms in total. The van der Waals surface area contributed by atoms with Crippen molar-refractivity contribution in [3.05, 3.63) is 90.6 Å². The van der Waals surface area contributed by atoms with Gasteiger partial charge in [-0.1, -0.05) is 73.8 Å². The van der Waals surface area contributed by atoms with Gasteiger partial charge in [0.15, 0.2) is 6.29 Å². The zero-order valence-corrected chi connectivity index (χ0v) is 14.2. The van der Waals surface area contributed by atoms with Crippen LogP contribution < -0.4 is 0 Å². The molecule has 2 aromatic carbocycles. The SMILES string of the molecule is C=Cc1cc(C=O)c(-c2ccccc2-c2ccccc2)nc1C(=C)C. The van der Waals surface area contributed by atoms with Gasteiger partial charge in [-0.15, -0.1) is 0 Å². The second-order valence-corrected chi connectivity index (χ2v) is 5.88. The van der Waals surface area contributed by atoms with E-state index in [-0.39, 0.29) is 0 Å². The number of nitrogens with zero attached hydrogens (tertiary/aromatic N) is 1. The summed E-state index contributed by atoms with van der Waals surface area (Å²) in [5.74, 6) is 0. The second-order valence-electron chi connectivity index (χ2n) is 5.88. The quantitative estimate of drug-likeness (QED) is 0.546. The Hall–Kier alpha value is -3.26. The summed E-state index contributed by atoms with van der Waals surface area (Å²) in [6.07, 6.45) is 2.55. The van der Waals surface area contributed by atoms with Gasteiger partial charge in [0, 0.05) is 16.7 Å². The molecule has 0 aliphatic rings. The molecule has 25 heavy (non-hydrogen) atoms. The van der Waals surface area contributed by atoms with Crippen LogP contribution in [0.4, 0.5) is 0 Å². The van der Waals surface area contributed by atoms with Gasteiger partial charge in [0.2, 0.25) is 0 Å². The molecule has 122 valence electrons. The van der Waals surface area contributed by atoms with Crippen molar-refractivity contribution in [2.24, 2.45) is 0 Å². The van der Waals surface area contributed by atoms with Gasteiger partial charge in [-0.05, 0) is 29.7 Å². The molecular weight excluding hydrogens is 306 g/mol. The highest BCUT2D eigenvalue weighted by Gasteiger charge is 2.15. The minimum atomic E-state index is 0.545. The number of allylic oxidation sites excluding steroid dienone is 1. The molecule has 1 heterocycles. The number of carbonyl (C=O) groups is 1. The number of hydrogen-bond acceptors (Lipinski definition) is 2. The van der Waals surface area contributed by atoms with E-state index < -0.39 is 0 Å². The Morgan fingerprint density at radius 2 is 1.60 bits per heavy atom. The van der Waals surface area contributed by atoms with E-state index in [4.69, 9.17) is 4.98 Å². The van der Waals surface area contributed by atoms with Crippen molar-refractivity contribution in [1.82, 2.24) is 4.98 Å². The number of carbonyl (C=O) groups excluding carboxylic acids is 1. The molecule has 0 saturated heterocycles. The van der Waals surface area contributed by atoms with Crippen LogP contribution in [0.5, 0.6) is 0 Å². The smallest absolute Gasteiger partial charge is 0.152 e. The summed E-state index contributed by atoms with van der Waals surface area (Å²) in [5.41, 5.74) is 6.68. The number of benzene rings is 2. The van der Waals surface area contributed by atoms with E-state index in [1.165, 1.54) is 0 Å². The lowest BCUT2D eigenvalue weighted by Gasteiger charge is -2.14. The highest BCUT2D eigenvalue weighted by Crippen LogP contribution is 2.34. The molecule has 0 atom stereocenters. The fourth-order valence-corrected chi connectivity index (χ4v) is 2.91. The van der Waals surface area contributed by atoms with Gasteiger partial charge in [-0.2, -0.15) is 0 Å². The molecule has 0 bridgehead atoms. The Morgan fingerprint density at radius 1 is 0.960 bits per heavy atom. The first-order valence-electron chi connectivity index (χ1n) is 8.09. The third-order valence-electron chi connectivity index (χ3n) is 4.10. The van der Waals surface area contributed by atoms with E-state index in [9.17, 15) is 4.79 Å². The largest absolute Gasteiger partial charge is 0.298 e. The van der Waals surface area contributed by atoms with Crippen molar-refractivity contribution >= 4 is 17.9 Å². The van der Waals surface area contributed by atoms with E-state index >= 15 is 0 Å². The summed E-state index contributed by atoms with van der Waals surface area (Å²) in [4.78, 5) is 16.5. The van der Waals surface area contributed by atoms with Gasteiger partial charge in [0.05, 0.1) is 11.4 Å². The Bertz CT molecular complexity index is 955. The highest BCUT2D eigenvalue weighted by atomic mass is 16.1. The lowest BCUT2D eigenvalue weighted by molar-refractivity contribution is 0.112. The topological polar surface area (TPSA) is 30.0 Å². The molecule has 2 heteroatoms. The predicted molar refractivity (Wildman–Crippen MR) is 105 cm³/mol. The van der Waals surface area contributed by atoms with E-state index in [0.717, 1.165) is 39.8 Å². The van der Waals surface area contributed by atoms with Gasteiger partial charge in [0.1, 0.15) is 0 Å². The zero-order valence-electron chi connectivity index (χ0n) is 14.2. The lowest BCUT2D eigenvalue weighted by atomic mass is 9.94. The van der Waals surface area contributed by atoms with E-state index in [2.05, 4.69) is 25.3 Å². The molecule has 0 N–H and O–H groups in total. The van der Waals surface area contributed by atoms with E-state index in [0.29, 0.717) is 11.3 Å². The predicted octanol–water partition coefficient (Wildman–Crippen LogP) is 5.90. The first kappa shape index (κ1) is 16.6. The van der Waals surface area contributed by atoms with Crippen LogP contribution in [0.1, 0.15) is 28.5 Å². The monoisotopic (exact) mass is 325 g/mol. The Balaban J connectivity index is 2.31. The first-order chi connectivity index (χ1) is 12.2. The molecular formula is C23H19NO. The number of rotatable bonds is 5. The van der Waals surface area contributed by atoms with Crippen molar-refractivity contribution in [1.29, 1.82) is 0 Å². The van der Waals surface area contributed by atoms with Crippen LogP contribution in [0, 0.1) is 0 Å². The molecule has 0 fully saturated rings. The van der Waals surface area contributed by atoms with Gasteiger partial charge in [0.25, 0.3) is 0 Å². The lowest BCUT2D eigenvalue weighted by Crippen LogP contribution is -2.00. The number of hydrogen-bond donors (Lipinski definition) is 0. The standard InChI is InChI=1S/C23H19NO/c1-4-17-14-19(15-25)23(24-22(17)16(2)3)21-13-9-8-12-20(21)18-10-6-5-7-11-18/h4-15H,1-2H2,3H3. The summed E-state index contributed by atoms with van der Waals surface area (Å²) in [6, 6.07) is 19.9. The number of aromatic nitrogens is 1. The van der Waals surface area contributed by atoms with E-state index in [1.807, 2.05) is 55.5 Å². The van der Waals surface area contributed by atoms with Crippen LogP contribution in [-0.2, 0) is 0 Å². The first-order valence-corrected chi connectivity index (χ1v) is 8.09. The summed E-state index contributed by atoms with van der Waals surface area (Å²) >= 11 is 0. The summed E-state index contributed by atoms with van der Waals surface area (Å²) in [6.45, 7) is 9.73. The second kappa shape index (κ2) is 7.10. The molecule has 3 aromatic rings. The number of pyridine rings is 1. The number of aldehydes is 1. The van der Waals surface area contributed by atoms with Crippen molar-refractivity contribution < 1.29 is 4.79 Å². The fourth-order valence-electron chi connectivity index (χ4n) is 2.91. The normalized spacial score (nSPS) is 10.3. The molecule has 0 spiro atoms. The molecule has 3 rings (SSSR count). The van der Waals surface area contributed by atoms with E-state index in [1.54, 1.807) is 6.08 Å². The Kier molecular flexibility index (Phi) is 4.71. The van der Waals surface area contributed by atoms with Crippen LogP contribution in [-0.4, -0.2) is 11.3 Å². The molecule has 0 unspecified atom stereocenters. The molecule has 0 saturated carbocycles. The Morgan fingerprint density at radius 3 is 2.20 bits per heavy atom. The van der Waals surface area contributed by atoms with Crippen LogP contribution in [0.3, 0.4) is 0 Å². The van der Waals surface area contributed by atoms with Crippen molar-refractivity contribution in [3.8, 4) is 22.4 Å². The third-order valence-corrected chi connectivity index (χ3v) is 4.10. The minimum Gasteiger partial charge on any atom is -0.298 e. The maximum Gasteiger partial charge on any atom is 0.152 e. The average molecular weight is 325 g/mol. The maximum atomic E-state index is 11.7. The zero-order chi connectivity index (χ0) is 17.8. The van der Waals surface area contributed by atoms with Gasteiger partial charge in [-0.25, -0.2) is 4.98 Å². The van der Waals surface area contributed by atoms with Crippen LogP contribution in [0.25, 0.3) is 34.0 Å². The summed E-state index contributed by atoms with van der Waals surface area (Å²) in [7, 11) is 0. The Labute approximate surface area is 148 Å². The summed E-state index contributed by atoms with van der Waals surface area (Å²) in [5, 5.41) is 0. The molecule has 0 amide bonds. The van der Waals surface area contributed by atoms with Crippen LogP contribution >= 0.6 is 0 Å². The fraction of sp³-hybridized carbons (Fsp3) is 0.0435. The van der Waals surface area contributed by atoms with Crippen LogP contribution in [0.2, 0.25) is 0 Å². The molecule has 0 aliphatic heterocycles. The van der Waals surface area contributed by atoms with Gasteiger partial charge < -0.3 is 0 Å². The molecule has 1 aromatic heterocycles. The minimum absolute atomic E-state index is 0.545. The summed E-state index contributed by atoms with van der Waals surface area (Å²) < 4.78 is 0. The van der Waals surface area contributed by atoms with Crippen molar-refractivity contribution in [2.45, 2.75) is 6.92 Å². The van der Waals surface area contributed by atoms with Crippen molar-refractivity contribution in [3.63, 3.8) is 0 Å². The van der Waals surface area contributed by atoms with Gasteiger partial charge >= 0.3 is 0 Å².